The molecule has 0 fully saturated rings. The summed E-state index contributed by atoms with van der Waals surface area (Å²) in [5.41, 5.74) is 1.74. The highest BCUT2D eigenvalue weighted by Gasteiger charge is 2.14. The van der Waals surface area contributed by atoms with E-state index in [-0.39, 0.29) is 5.92 Å². The van der Waals surface area contributed by atoms with Gasteiger partial charge in [0.15, 0.2) is 0 Å². The van der Waals surface area contributed by atoms with Gasteiger partial charge in [-0.05, 0) is 20.3 Å². The zero-order chi connectivity index (χ0) is 12.1. The summed E-state index contributed by atoms with van der Waals surface area (Å²) in [6.07, 6.45) is 2.22. The summed E-state index contributed by atoms with van der Waals surface area (Å²) in [5.74, 6) is -0.544. The fourth-order valence-corrected chi connectivity index (χ4v) is 1.26. The molecule has 1 atom stereocenters. The second-order valence-electron chi connectivity index (χ2n) is 3.75. The molecule has 5 nitrogen and oxygen atoms in total. The first-order valence-electron chi connectivity index (χ1n) is 5.31. The van der Waals surface area contributed by atoms with Gasteiger partial charge >= 0.3 is 5.97 Å². The van der Waals surface area contributed by atoms with Gasteiger partial charge in [0, 0.05) is 6.54 Å². The summed E-state index contributed by atoms with van der Waals surface area (Å²) in [5, 5.41) is 11.9. The number of aliphatic carboxylic acids is 1. The van der Waals surface area contributed by atoms with Crippen molar-refractivity contribution in [2.24, 2.45) is 5.92 Å². The summed E-state index contributed by atoms with van der Waals surface area (Å²) >= 11 is 0. The van der Waals surface area contributed by atoms with Gasteiger partial charge in [-0.3, -0.25) is 9.78 Å². The van der Waals surface area contributed by atoms with E-state index in [2.05, 4.69) is 15.3 Å². The maximum atomic E-state index is 10.8. The highest BCUT2D eigenvalue weighted by molar-refractivity contribution is 5.70. The van der Waals surface area contributed by atoms with E-state index < -0.39 is 5.97 Å². The van der Waals surface area contributed by atoms with Gasteiger partial charge in [0.05, 0.1) is 23.5 Å². The van der Waals surface area contributed by atoms with Crippen LogP contribution < -0.4 is 5.32 Å². The molecule has 0 aliphatic carbocycles. The number of aromatic nitrogens is 2. The predicted molar refractivity (Wildman–Crippen MR) is 61.4 cm³/mol. The number of aryl methyl sites for hydroxylation is 2. The highest BCUT2D eigenvalue weighted by atomic mass is 16.4. The molecular weight excluding hydrogens is 206 g/mol. The number of rotatable bonds is 5. The van der Waals surface area contributed by atoms with Crippen LogP contribution >= 0.6 is 0 Å². The molecule has 0 bridgehead atoms. The predicted octanol–water partition coefficient (Wildman–Crippen LogP) is 1.62. The maximum absolute atomic E-state index is 10.8. The molecule has 88 valence electrons. The minimum Gasteiger partial charge on any atom is -0.481 e. The van der Waals surface area contributed by atoms with Crippen molar-refractivity contribution in [3.8, 4) is 0 Å². The Kier molecular flexibility index (Phi) is 4.22. The average Bonchev–Trinajstić information content (AvgIpc) is 2.23. The molecule has 0 amide bonds. The molecule has 1 rings (SSSR count). The lowest BCUT2D eigenvalue weighted by Crippen LogP contribution is -2.22. The van der Waals surface area contributed by atoms with E-state index in [1.54, 1.807) is 6.20 Å². The number of carboxylic acids is 1. The van der Waals surface area contributed by atoms with Crippen molar-refractivity contribution >= 4 is 11.8 Å². The van der Waals surface area contributed by atoms with Crippen LogP contribution in [-0.2, 0) is 4.79 Å². The molecule has 5 heteroatoms. The minimum atomic E-state index is -0.785. The Labute approximate surface area is 94.9 Å². The molecule has 1 aromatic rings. The molecule has 1 heterocycles. The molecule has 16 heavy (non-hydrogen) atoms. The van der Waals surface area contributed by atoms with Gasteiger partial charge in [-0.1, -0.05) is 6.92 Å². The van der Waals surface area contributed by atoms with Crippen LogP contribution in [0.1, 0.15) is 24.7 Å². The number of hydrogen-bond donors (Lipinski definition) is 2. The van der Waals surface area contributed by atoms with Gasteiger partial charge in [0.2, 0.25) is 0 Å². The molecule has 0 aliphatic heterocycles. The molecule has 0 spiro atoms. The van der Waals surface area contributed by atoms with E-state index in [0.717, 1.165) is 11.4 Å². The SMILES string of the molecule is CCC(CNc1cnc(C)c(C)n1)C(=O)O. The van der Waals surface area contributed by atoms with Crippen molar-refractivity contribution in [1.82, 2.24) is 9.97 Å². The second kappa shape index (κ2) is 5.44. The molecule has 0 saturated carbocycles. The van der Waals surface area contributed by atoms with Gasteiger partial charge in [-0.25, -0.2) is 4.98 Å². The molecular formula is C11H17N3O2. The maximum Gasteiger partial charge on any atom is 0.308 e. The van der Waals surface area contributed by atoms with Crippen molar-refractivity contribution < 1.29 is 9.90 Å². The second-order valence-corrected chi connectivity index (χ2v) is 3.75. The quantitative estimate of drug-likeness (QED) is 0.793. The Morgan fingerprint density at radius 1 is 1.50 bits per heavy atom. The molecule has 1 aromatic heterocycles. The van der Waals surface area contributed by atoms with Crippen LogP contribution in [0.25, 0.3) is 0 Å². The lowest BCUT2D eigenvalue weighted by atomic mass is 10.1. The van der Waals surface area contributed by atoms with Gasteiger partial charge in [-0.15, -0.1) is 0 Å². The third-order valence-corrected chi connectivity index (χ3v) is 2.56. The van der Waals surface area contributed by atoms with Gasteiger partial charge < -0.3 is 10.4 Å². The normalized spacial score (nSPS) is 12.2. The summed E-state index contributed by atoms with van der Waals surface area (Å²) in [6.45, 7) is 6.00. The molecule has 0 saturated heterocycles. The number of hydrogen-bond acceptors (Lipinski definition) is 4. The fourth-order valence-electron chi connectivity index (χ4n) is 1.26. The highest BCUT2D eigenvalue weighted by Crippen LogP contribution is 2.08. The van der Waals surface area contributed by atoms with E-state index >= 15 is 0 Å². The van der Waals surface area contributed by atoms with Crippen molar-refractivity contribution in [3.05, 3.63) is 17.6 Å². The molecule has 0 aromatic carbocycles. The summed E-state index contributed by atoms with van der Waals surface area (Å²) in [4.78, 5) is 19.2. The lowest BCUT2D eigenvalue weighted by Gasteiger charge is -2.11. The van der Waals surface area contributed by atoms with Crippen LogP contribution in [0.3, 0.4) is 0 Å². The third-order valence-electron chi connectivity index (χ3n) is 2.56. The van der Waals surface area contributed by atoms with E-state index in [1.807, 2.05) is 20.8 Å². The van der Waals surface area contributed by atoms with Crippen LogP contribution in [0.2, 0.25) is 0 Å². The Morgan fingerprint density at radius 2 is 2.19 bits per heavy atom. The number of anilines is 1. The largest absolute Gasteiger partial charge is 0.481 e. The Bertz CT molecular complexity index is 379. The van der Waals surface area contributed by atoms with Crippen LogP contribution in [-0.4, -0.2) is 27.6 Å². The standard InChI is InChI=1S/C11H17N3O2/c1-4-9(11(15)16)5-13-10-6-12-7(2)8(3)14-10/h6,9H,4-5H2,1-3H3,(H,13,14)(H,15,16). The van der Waals surface area contributed by atoms with Crippen molar-refractivity contribution in [2.75, 3.05) is 11.9 Å². The summed E-state index contributed by atoms with van der Waals surface area (Å²) < 4.78 is 0. The molecule has 0 aliphatic rings. The number of carboxylic acid groups (broad SMARTS) is 1. The van der Waals surface area contributed by atoms with Gasteiger partial charge in [0.1, 0.15) is 5.82 Å². The van der Waals surface area contributed by atoms with E-state index in [1.165, 1.54) is 0 Å². The number of nitrogens with zero attached hydrogens (tertiary/aromatic N) is 2. The van der Waals surface area contributed by atoms with Gasteiger partial charge in [-0.2, -0.15) is 0 Å². The minimum absolute atomic E-state index is 0.378. The first kappa shape index (κ1) is 12.4. The zero-order valence-corrected chi connectivity index (χ0v) is 9.82. The summed E-state index contributed by atoms with van der Waals surface area (Å²) in [6, 6.07) is 0. The van der Waals surface area contributed by atoms with Crippen molar-refractivity contribution in [3.63, 3.8) is 0 Å². The fraction of sp³-hybridized carbons (Fsp3) is 0.545. The molecule has 2 N–H and O–H groups in total. The molecule has 0 radical (unpaired) electrons. The first-order valence-corrected chi connectivity index (χ1v) is 5.31. The Morgan fingerprint density at radius 3 is 2.69 bits per heavy atom. The lowest BCUT2D eigenvalue weighted by molar-refractivity contribution is -0.141. The third kappa shape index (κ3) is 3.18. The van der Waals surface area contributed by atoms with E-state index in [4.69, 9.17) is 5.11 Å². The average molecular weight is 223 g/mol. The van der Waals surface area contributed by atoms with E-state index in [0.29, 0.717) is 18.8 Å². The van der Waals surface area contributed by atoms with Crippen LogP contribution in [0.5, 0.6) is 0 Å². The van der Waals surface area contributed by atoms with Crippen LogP contribution in [0.15, 0.2) is 6.20 Å². The topological polar surface area (TPSA) is 75.1 Å². The summed E-state index contributed by atoms with van der Waals surface area (Å²) in [7, 11) is 0. The Hall–Kier alpha value is -1.65. The van der Waals surface area contributed by atoms with Crippen molar-refractivity contribution in [2.45, 2.75) is 27.2 Å². The van der Waals surface area contributed by atoms with Crippen molar-refractivity contribution in [1.29, 1.82) is 0 Å². The zero-order valence-electron chi connectivity index (χ0n) is 9.82. The Balaban J connectivity index is 2.60. The number of nitrogens with one attached hydrogen (secondary N) is 1. The number of carbonyl (C=O) groups is 1. The van der Waals surface area contributed by atoms with Crippen LogP contribution in [0, 0.1) is 19.8 Å². The van der Waals surface area contributed by atoms with Crippen LogP contribution in [0.4, 0.5) is 5.82 Å². The monoisotopic (exact) mass is 223 g/mol. The first-order chi connectivity index (χ1) is 7.54. The molecule has 1 unspecified atom stereocenters. The van der Waals surface area contributed by atoms with Gasteiger partial charge in [0.25, 0.3) is 0 Å². The van der Waals surface area contributed by atoms with E-state index in [9.17, 15) is 4.79 Å². The smallest absolute Gasteiger partial charge is 0.308 e.